The maximum absolute atomic E-state index is 11.9. The quantitative estimate of drug-likeness (QED) is 0.338. The molecule has 0 aromatic heterocycles. The molecular weight excluding hydrogens is 376 g/mol. The van der Waals surface area contributed by atoms with Crippen LogP contribution in [-0.4, -0.2) is 30.0 Å². The first-order valence-corrected chi connectivity index (χ1v) is 7.87. The Morgan fingerprint density at radius 2 is 1.93 bits per heavy atom. The molecule has 0 bridgehead atoms. The lowest BCUT2D eigenvalue weighted by atomic mass is 10.2. The lowest BCUT2D eigenvalue weighted by Gasteiger charge is -2.08. The van der Waals surface area contributed by atoms with Crippen LogP contribution in [0, 0.1) is 22.5 Å². The molecule has 0 fully saturated rings. The lowest BCUT2D eigenvalue weighted by molar-refractivity contribution is -0.385. The van der Waals surface area contributed by atoms with Crippen molar-refractivity contribution in [2.24, 2.45) is 0 Å². The van der Waals surface area contributed by atoms with E-state index in [1.54, 1.807) is 0 Å². The molecule has 8 nitrogen and oxygen atoms in total. The van der Waals surface area contributed by atoms with Gasteiger partial charge in [-0.1, -0.05) is 17.5 Å². The molecule has 0 spiro atoms. The summed E-state index contributed by atoms with van der Waals surface area (Å²) in [5.74, 6) is 1.26. The third kappa shape index (κ3) is 5.73. The van der Waals surface area contributed by atoms with Gasteiger partial charge in [0, 0.05) is 11.1 Å². The number of nitrogens with zero attached hydrogens (tertiary/aromatic N) is 1. The first-order chi connectivity index (χ1) is 12.9. The maximum atomic E-state index is 11.9. The van der Waals surface area contributed by atoms with Gasteiger partial charge in [-0.2, -0.15) is 0 Å². The molecule has 0 saturated heterocycles. The highest BCUT2D eigenvalue weighted by molar-refractivity contribution is 6.30. The Bertz CT molecular complexity index is 905. The number of esters is 1. The predicted octanol–water partition coefficient (Wildman–Crippen LogP) is 2.95. The van der Waals surface area contributed by atoms with Crippen molar-refractivity contribution in [1.82, 2.24) is 5.32 Å². The number of carbonyl (C=O) groups is 2. The minimum Gasteiger partial charge on any atom is -0.452 e. The summed E-state index contributed by atoms with van der Waals surface area (Å²) in [6.45, 7) is -0.422. The second kappa shape index (κ2) is 9.22. The van der Waals surface area contributed by atoms with Gasteiger partial charge in [0.1, 0.15) is 5.75 Å². The molecule has 2 aromatic rings. The van der Waals surface area contributed by atoms with Crippen LogP contribution in [0.4, 0.5) is 5.69 Å². The fraction of sp³-hybridized carbons (Fsp3) is 0.111. The van der Waals surface area contributed by atoms with Crippen LogP contribution in [-0.2, 0) is 9.53 Å². The van der Waals surface area contributed by atoms with Crippen molar-refractivity contribution in [3.63, 3.8) is 0 Å². The second-order valence-electron chi connectivity index (χ2n) is 5.05. The normalized spacial score (nSPS) is 9.78. The topological polar surface area (TPSA) is 108 Å². The van der Waals surface area contributed by atoms with Gasteiger partial charge in [0.25, 0.3) is 5.91 Å². The van der Waals surface area contributed by atoms with Crippen molar-refractivity contribution in [3.05, 3.63) is 63.2 Å². The fourth-order valence-corrected chi connectivity index (χ4v) is 2.09. The Balaban J connectivity index is 2.01. The molecule has 0 radical (unpaired) electrons. The van der Waals surface area contributed by atoms with E-state index >= 15 is 0 Å². The van der Waals surface area contributed by atoms with Crippen LogP contribution in [0.5, 0.6) is 11.5 Å². The number of hydrogen-bond acceptors (Lipinski definition) is 6. The second-order valence-corrected chi connectivity index (χ2v) is 5.49. The van der Waals surface area contributed by atoms with Crippen LogP contribution >= 0.6 is 11.6 Å². The van der Waals surface area contributed by atoms with E-state index in [2.05, 4.69) is 11.2 Å². The monoisotopic (exact) mass is 388 g/mol. The zero-order valence-electron chi connectivity index (χ0n) is 13.8. The number of hydrogen-bond donors (Lipinski definition) is 1. The van der Waals surface area contributed by atoms with Crippen LogP contribution < -0.4 is 10.1 Å². The number of benzene rings is 2. The van der Waals surface area contributed by atoms with Gasteiger partial charge < -0.3 is 14.8 Å². The number of terminal acetylenes is 1. The molecule has 1 amide bonds. The number of ether oxygens (including phenoxy) is 2. The predicted molar refractivity (Wildman–Crippen MR) is 96.7 cm³/mol. The zero-order valence-corrected chi connectivity index (χ0v) is 14.6. The lowest BCUT2D eigenvalue weighted by Crippen LogP contribution is -2.28. The van der Waals surface area contributed by atoms with Crippen molar-refractivity contribution in [2.75, 3.05) is 13.2 Å². The van der Waals surface area contributed by atoms with E-state index < -0.39 is 23.4 Å². The summed E-state index contributed by atoms with van der Waals surface area (Å²) < 4.78 is 10.3. The Hall–Kier alpha value is -3.57. The Morgan fingerprint density at radius 1 is 1.22 bits per heavy atom. The summed E-state index contributed by atoms with van der Waals surface area (Å²) in [6, 6.07) is 9.68. The summed E-state index contributed by atoms with van der Waals surface area (Å²) in [6.07, 6.45) is 5.00. The van der Waals surface area contributed by atoms with E-state index in [-0.39, 0.29) is 34.3 Å². The van der Waals surface area contributed by atoms with E-state index in [9.17, 15) is 19.7 Å². The average molecular weight is 389 g/mol. The first kappa shape index (κ1) is 19.8. The standard InChI is InChI=1S/C18H13ClN2O6/c1-2-9-20-17(22)11-26-18(23)12-3-6-14(7-4-12)27-16-8-5-13(19)10-15(16)21(24)25/h1,3-8,10H,9,11H2,(H,20,22). The average Bonchev–Trinajstić information content (AvgIpc) is 2.66. The third-order valence-electron chi connectivity index (χ3n) is 3.16. The molecule has 0 atom stereocenters. The number of rotatable bonds is 7. The largest absolute Gasteiger partial charge is 0.452 e. The van der Waals surface area contributed by atoms with Gasteiger partial charge >= 0.3 is 11.7 Å². The van der Waals surface area contributed by atoms with Crippen molar-refractivity contribution in [2.45, 2.75) is 0 Å². The van der Waals surface area contributed by atoms with Crippen LogP contribution in [0.2, 0.25) is 5.02 Å². The SMILES string of the molecule is C#CCNC(=O)COC(=O)c1ccc(Oc2ccc(Cl)cc2[N+](=O)[O-])cc1. The van der Waals surface area contributed by atoms with Gasteiger partial charge in [0.05, 0.1) is 17.0 Å². The first-order valence-electron chi connectivity index (χ1n) is 7.50. The van der Waals surface area contributed by atoms with Gasteiger partial charge in [0.15, 0.2) is 6.61 Å². The van der Waals surface area contributed by atoms with Crippen molar-refractivity contribution in [1.29, 1.82) is 0 Å². The minimum absolute atomic E-state index is 0.00455. The van der Waals surface area contributed by atoms with Gasteiger partial charge in [-0.3, -0.25) is 14.9 Å². The zero-order chi connectivity index (χ0) is 19.8. The molecule has 1 N–H and O–H groups in total. The van der Waals surface area contributed by atoms with E-state index in [1.165, 1.54) is 42.5 Å². The Kier molecular flexibility index (Phi) is 6.74. The molecule has 0 unspecified atom stereocenters. The summed E-state index contributed by atoms with van der Waals surface area (Å²) >= 11 is 5.75. The van der Waals surface area contributed by atoms with Crippen LogP contribution in [0.1, 0.15) is 10.4 Å². The molecule has 138 valence electrons. The summed E-state index contributed by atoms with van der Waals surface area (Å²) in [4.78, 5) is 33.7. The highest BCUT2D eigenvalue weighted by Crippen LogP contribution is 2.33. The van der Waals surface area contributed by atoms with E-state index in [1.807, 2.05) is 0 Å². The molecule has 0 heterocycles. The highest BCUT2D eigenvalue weighted by Gasteiger charge is 2.17. The van der Waals surface area contributed by atoms with E-state index in [4.69, 9.17) is 27.5 Å². The maximum Gasteiger partial charge on any atom is 0.338 e. The van der Waals surface area contributed by atoms with Crippen molar-refractivity contribution in [3.8, 4) is 23.8 Å². The Morgan fingerprint density at radius 3 is 2.56 bits per heavy atom. The number of halogens is 1. The molecule has 0 aliphatic heterocycles. The number of carbonyl (C=O) groups excluding carboxylic acids is 2. The van der Waals surface area contributed by atoms with Crippen LogP contribution in [0.15, 0.2) is 42.5 Å². The third-order valence-corrected chi connectivity index (χ3v) is 3.39. The van der Waals surface area contributed by atoms with Gasteiger partial charge in [0.2, 0.25) is 5.75 Å². The van der Waals surface area contributed by atoms with Gasteiger partial charge in [-0.05, 0) is 36.4 Å². The number of nitro benzene ring substituents is 1. The van der Waals surface area contributed by atoms with Crippen LogP contribution in [0.25, 0.3) is 0 Å². The van der Waals surface area contributed by atoms with Gasteiger partial charge in [-0.25, -0.2) is 4.79 Å². The van der Waals surface area contributed by atoms with Crippen molar-refractivity contribution >= 4 is 29.2 Å². The Labute approximate surface area is 159 Å². The highest BCUT2D eigenvalue weighted by atomic mass is 35.5. The molecule has 0 aliphatic carbocycles. The molecule has 2 rings (SSSR count). The summed E-state index contributed by atoms with van der Waals surface area (Å²) in [5.41, 5.74) is -0.110. The molecule has 2 aromatic carbocycles. The molecule has 0 aliphatic rings. The number of amides is 1. The van der Waals surface area contributed by atoms with Crippen LogP contribution in [0.3, 0.4) is 0 Å². The molecule has 9 heteroatoms. The molecule has 27 heavy (non-hydrogen) atoms. The smallest absolute Gasteiger partial charge is 0.338 e. The summed E-state index contributed by atoms with van der Waals surface area (Å²) in [5, 5.41) is 13.6. The van der Waals surface area contributed by atoms with E-state index in [0.717, 1.165) is 0 Å². The van der Waals surface area contributed by atoms with Crippen molar-refractivity contribution < 1.29 is 24.0 Å². The van der Waals surface area contributed by atoms with Gasteiger partial charge in [-0.15, -0.1) is 6.42 Å². The molecule has 0 saturated carbocycles. The number of nitrogens with one attached hydrogen (secondary N) is 1. The minimum atomic E-state index is -0.713. The van der Waals surface area contributed by atoms with E-state index in [0.29, 0.717) is 0 Å². The fourth-order valence-electron chi connectivity index (χ4n) is 1.92. The molecular formula is C18H13ClN2O6. The summed E-state index contributed by atoms with van der Waals surface area (Å²) in [7, 11) is 0. The number of nitro groups is 1.